The summed E-state index contributed by atoms with van der Waals surface area (Å²) < 4.78 is 18.4. The maximum Gasteiger partial charge on any atom is 0.123 e. The molecule has 0 bridgehead atoms. The highest BCUT2D eigenvalue weighted by Gasteiger charge is 2.16. The molecule has 1 aromatic rings. The van der Waals surface area contributed by atoms with E-state index in [0.29, 0.717) is 6.61 Å². The van der Waals surface area contributed by atoms with Gasteiger partial charge in [0.1, 0.15) is 18.2 Å². The molecule has 4 heteroatoms. The summed E-state index contributed by atoms with van der Waals surface area (Å²) in [6.45, 7) is 8.28. The molecule has 0 aromatic heterocycles. The molecule has 0 atom stereocenters. The van der Waals surface area contributed by atoms with Gasteiger partial charge in [-0.25, -0.2) is 4.39 Å². The molecule has 1 saturated heterocycles. The Morgan fingerprint density at radius 3 is 2.60 bits per heavy atom. The third-order valence-corrected chi connectivity index (χ3v) is 3.91. The van der Waals surface area contributed by atoms with Crippen molar-refractivity contribution >= 4 is 0 Å². The van der Waals surface area contributed by atoms with Crippen molar-refractivity contribution in [1.29, 1.82) is 0 Å². The lowest BCUT2D eigenvalue weighted by Crippen LogP contribution is -2.37. The van der Waals surface area contributed by atoms with Gasteiger partial charge in [-0.05, 0) is 62.7 Å². The topological polar surface area (TPSA) is 24.5 Å². The minimum Gasteiger partial charge on any atom is -0.492 e. The largest absolute Gasteiger partial charge is 0.492 e. The SMILES string of the molecule is CCN(CCOc1ccc(F)cc1)CC1CCNCC1. The molecule has 3 nitrogen and oxygen atoms in total. The first-order chi connectivity index (χ1) is 9.78. The summed E-state index contributed by atoms with van der Waals surface area (Å²) in [5.74, 6) is 1.32. The number of benzene rings is 1. The predicted molar refractivity (Wildman–Crippen MR) is 79.6 cm³/mol. The van der Waals surface area contributed by atoms with E-state index in [4.69, 9.17) is 4.74 Å². The van der Waals surface area contributed by atoms with Crippen LogP contribution in [0, 0.1) is 11.7 Å². The first-order valence-corrected chi connectivity index (χ1v) is 7.59. The zero-order chi connectivity index (χ0) is 14.2. The Morgan fingerprint density at radius 2 is 1.95 bits per heavy atom. The molecule has 0 radical (unpaired) electrons. The second kappa shape index (κ2) is 8.22. The molecule has 0 aliphatic carbocycles. The zero-order valence-electron chi connectivity index (χ0n) is 12.3. The fourth-order valence-electron chi connectivity index (χ4n) is 2.63. The Bertz CT molecular complexity index is 377. The number of hydrogen-bond acceptors (Lipinski definition) is 3. The number of likely N-dealkylation sites (N-methyl/N-ethyl adjacent to an activating group) is 1. The number of halogens is 1. The number of rotatable bonds is 7. The Balaban J connectivity index is 1.68. The number of nitrogens with one attached hydrogen (secondary N) is 1. The zero-order valence-corrected chi connectivity index (χ0v) is 12.3. The molecular formula is C16H25FN2O. The summed E-state index contributed by atoms with van der Waals surface area (Å²) in [6.07, 6.45) is 2.55. The third-order valence-electron chi connectivity index (χ3n) is 3.91. The van der Waals surface area contributed by atoms with Crippen LogP contribution in [0.4, 0.5) is 4.39 Å². The molecule has 1 fully saturated rings. The molecule has 1 heterocycles. The normalized spacial score (nSPS) is 16.6. The first kappa shape index (κ1) is 15.3. The Kier molecular flexibility index (Phi) is 6.27. The molecule has 2 rings (SSSR count). The second-order valence-corrected chi connectivity index (χ2v) is 5.39. The van der Waals surface area contributed by atoms with Gasteiger partial charge >= 0.3 is 0 Å². The van der Waals surface area contributed by atoms with Crippen LogP contribution in [0.15, 0.2) is 24.3 Å². The molecule has 0 spiro atoms. The van der Waals surface area contributed by atoms with E-state index in [9.17, 15) is 4.39 Å². The Labute approximate surface area is 121 Å². The van der Waals surface area contributed by atoms with Crippen LogP contribution < -0.4 is 10.1 Å². The molecule has 0 unspecified atom stereocenters. The standard InChI is InChI=1S/C16H25FN2O/c1-2-19(13-14-7-9-18-10-8-14)11-12-20-16-5-3-15(17)4-6-16/h3-6,14,18H,2,7-13H2,1H3. The van der Waals surface area contributed by atoms with Gasteiger partial charge in [-0.1, -0.05) is 6.92 Å². The van der Waals surface area contributed by atoms with Crippen molar-refractivity contribution in [1.82, 2.24) is 10.2 Å². The van der Waals surface area contributed by atoms with Crippen LogP contribution in [0.2, 0.25) is 0 Å². The van der Waals surface area contributed by atoms with E-state index < -0.39 is 0 Å². The van der Waals surface area contributed by atoms with E-state index in [2.05, 4.69) is 17.1 Å². The molecule has 1 N–H and O–H groups in total. The lowest BCUT2D eigenvalue weighted by molar-refractivity contribution is 0.178. The highest BCUT2D eigenvalue weighted by molar-refractivity contribution is 5.21. The molecule has 1 aromatic carbocycles. The minimum absolute atomic E-state index is 0.224. The van der Waals surface area contributed by atoms with Crippen molar-refractivity contribution in [2.75, 3.05) is 39.3 Å². The number of nitrogens with zero attached hydrogens (tertiary/aromatic N) is 1. The monoisotopic (exact) mass is 280 g/mol. The summed E-state index contributed by atoms with van der Waals surface area (Å²) in [6, 6.07) is 6.22. The maximum atomic E-state index is 12.8. The number of piperidine rings is 1. The lowest BCUT2D eigenvalue weighted by atomic mass is 9.97. The lowest BCUT2D eigenvalue weighted by Gasteiger charge is -2.29. The van der Waals surface area contributed by atoms with E-state index in [1.165, 1.54) is 25.0 Å². The maximum absolute atomic E-state index is 12.8. The summed E-state index contributed by atoms with van der Waals surface area (Å²) >= 11 is 0. The van der Waals surface area contributed by atoms with Crippen molar-refractivity contribution in [2.45, 2.75) is 19.8 Å². The quantitative estimate of drug-likeness (QED) is 0.830. The Morgan fingerprint density at radius 1 is 1.25 bits per heavy atom. The number of ether oxygens (including phenoxy) is 1. The molecule has 20 heavy (non-hydrogen) atoms. The van der Waals surface area contributed by atoms with E-state index in [1.54, 1.807) is 12.1 Å². The molecule has 1 aliphatic heterocycles. The van der Waals surface area contributed by atoms with Gasteiger partial charge in [-0.3, -0.25) is 4.90 Å². The minimum atomic E-state index is -0.224. The summed E-state index contributed by atoms with van der Waals surface area (Å²) in [7, 11) is 0. The van der Waals surface area contributed by atoms with Crippen molar-refractivity contribution in [2.24, 2.45) is 5.92 Å². The van der Waals surface area contributed by atoms with Gasteiger partial charge in [0.15, 0.2) is 0 Å². The Hall–Kier alpha value is -1.13. The van der Waals surface area contributed by atoms with Crippen molar-refractivity contribution in [3.8, 4) is 5.75 Å². The first-order valence-electron chi connectivity index (χ1n) is 7.59. The molecule has 0 saturated carbocycles. The summed E-state index contributed by atoms with van der Waals surface area (Å²) in [5.41, 5.74) is 0. The van der Waals surface area contributed by atoms with Gasteiger partial charge < -0.3 is 10.1 Å². The summed E-state index contributed by atoms with van der Waals surface area (Å²) in [5, 5.41) is 3.40. The van der Waals surface area contributed by atoms with E-state index in [0.717, 1.165) is 44.4 Å². The van der Waals surface area contributed by atoms with Crippen LogP contribution >= 0.6 is 0 Å². The molecular weight excluding hydrogens is 255 g/mol. The molecule has 1 aliphatic rings. The number of hydrogen-bond donors (Lipinski definition) is 1. The van der Waals surface area contributed by atoms with Gasteiger partial charge in [-0.15, -0.1) is 0 Å². The van der Waals surface area contributed by atoms with Crippen LogP contribution in [-0.2, 0) is 0 Å². The van der Waals surface area contributed by atoms with Crippen molar-refractivity contribution < 1.29 is 9.13 Å². The molecule has 0 amide bonds. The van der Waals surface area contributed by atoms with Crippen LogP contribution in [0.3, 0.4) is 0 Å². The van der Waals surface area contributed by atoms with Gasteiger partial charge in [0.05, 0.1) is 0 Å². The fraction of sp³-hybridized carbons (Fsp3) is 0.625. The van der Waals surface area contributed by atoms with Gasteiger partial charge in [0.25, 0.3) is 0 Å². The van der Waals surface area contributed by atoms with Crippen LogP contribution in [-0.4, -0.2) is 44.2 Å². The van der Waals surface area contributed by atoms with Gasteiger partial charge in [-0.2, -0.15) is 0 Å². The molecule has 112 valence electrons. The van der Waals surface area contributed by atoms with E-state index in [-0.39, 0.29) is 5.82 Å². The van der Waals surface area contributed by atoms with E-state index in [1.807, 2.05) is 0 Å². The van der Waals surface area contributed by atoms with Crippen LogP contribution in [0.1, 0.15) is 19.8 Å². The summed E-state index contributed by atoms with van der Waals surface area (Å²) in [4.78, 5) is 2.44. The average molecular weight is 280 g/mol. The highest BCUT2D eigenvalue weighted by Crippen LogP contribution is 2.14. The van der Waals surface area contributed by atoms with Crippen LogP contribution in [0.25, 0.3) is 0 Å². The van der Waals surface area contributed by atoms with Crippen molar-refractivity contribution in [3.05, 3.63) is 30.1 Å². The smallest absolute Gasteiger partial charge is 0.123 e. The average Bonchev–Trinajstić information content (AvgIpc) is 2.49. The third kappa shape index (κ3) is 5.10. The van der Waals surface area contributed by atoms with Gasteiger partial charge in [0, 0.05) is 13.1 Å². The van der Waals surface area contributed by atoms with E-state index >= 15 is 0 Å². The second-order valence-electron chi connectivity index (χ2n) is 5.39. The van der Waals surface area contributed by atoms with Crippen LogP contribution in [0.5, 0.6) is 5.75 Å². The highest BCUT2D eigenvalue weighted by atomic mass is 19.1. The predicted octanol–water partition coefficient (Wildman–Crippen LogP) is 2.53. The van der Waals surface area contributed by atoms with Gasteiger partial charge in [0.2, 0.25) is 0 Å². The van der Waals surface area contributed by atoms with Crippen molar-refractivity contribution in [3.63, 3.8) is 0 Å². The fourth-order valence-corrected chi connectivity index (χ4v) is 2.63.